The predicted octanol–water partition coefficient (Wildman–Crippen LogP) is 1.48. The number of anilines is 1. The fourth-order valence-corrected chi connectivity index (χ4v) is 3.00. The van der Waals surface area contributed by atoms with E-state index in [0.717, 1.165) is 24.5 Å². The Morgan fingerprint density at radius 1 is 0.962 bits per heavy atom. The molecule has 6 nitrogen and oxygen atoms in total. The van der Waals surface area contributed by atoms with Crippen molar-refractivity contribution in [2.24, 2.45) is 0 Å². The molecule has 1 fully saturated rings. The Hall–Kier alpha value is -2.89. The van der Waals surface area contributed by atoms with Crippen LogP contribution in [0.4, 0.5) is 5.82 Å². The van der Waals surface area contributed by atoms with Crippen molar-refractivity contribution in [3.63, 3.8) is 0 Å². The van der Waals surface area contributed by atoms with Gasteiger partial charge in [0.15, 0.2) is 0 Å². The van der Waals surface area contributed by atoms with Crippen molar-refractivity contribution in [3.8, 4) is 0 Å². The third-order valence-electron chi connectivity index (χ3n) is 4.53. The Bertz CT molecular complexity index is 713. The maximum atomic E-state index is 12.3. The first kappa shape index (κ1) is 17.9. The van der Waals surface area contributed by atoms with E-state index in [2.05, 4.69) is 15.2 Å². The van der Waals surface area contributed by atoms with Gasteiger partial charge >= 0.3 is 0 Å². The molecule has 0 atom stereocenters. The predicted molar refractivity (Wildman–Crippen MR) is 101 cm³/mol. The van der Waals surface area contributed by atoms with E-state index < -0.39 is 0 Å². The van der Waals surface area contributed by atoms with Gasteiger partial charge in [0.25, 0.3) is 0 Å². The first-order valence-corrected chi connectivity index (χ1v) is 8.97. The van der Waals surface area contributed by atoms with Crippen molar-refractivity contribution in [1.29, 1.82) is 0 Å². The van der Waals surface area contributed by atoms with Crippen molar-refractivity contribution < 1.29 is 9.59 Å². The van der Waals surface area contributed by atoms with Crippen LogP contribution in [-0.4, -0.2) is 54.4 Å². The van der Waals surface area contributed by atoms with Crippen LogP contribution in [0.25, 0.3) is 0 Å². The number of carbonyl (C=O) groups is 2. The SMILES string of the molecule is O=C(CCc1ccccc1)NCC(=O)N1CCN(c2ccccn2)CC1. The van der Waals surface area contributed by atoms with Gasteiger partial charge in [0.1, 0.15) is 5.82 Å². The Balaban J connectivity index is 1.37. The zero-order valence-corrected chi connectivity index (χ0v) is 14.8. The molecule has 3 rings (SSSR count). The zero-order chi connectivity index (χ0) is 18.2. The summed E-state index contributed by atoms with van der Waals surface area (Å²) >= 11 is 0. The largest absolute Gasteiger partial charge is 0.353 e. The number of hydrogen-bond acceptors (Lipinski definition) is 4. The van der Waals surface area contributed by atoms with E-state index in [9.17, 15) is 9.59 Å². The monoisotopic (exact) mass is 352 g/mol. The van der Waals surface area contributed by atoms with Crippen LogP contribution in [-0.2, 0) is 16.0 Å². The van der Waals surface area contributed by atoms with Crippen molar-refractivity contribution in [1.82, 2.24) is 15.2 Å². The van der Waals surface area contributed by atoms with Gasteiger partial charge in [-0.2, -0.15) is 0 Å². The van der Waals surface area contributed by atoms with Crippen molar-refractivity contribution >= 4 is 17.6 Å². The maximum Gasteiger partial charge on any atom is 0.242 e. The molecule has 0 aliphatic carbocycles. The van der Waals surface area contributed by atoms with Gasteiger partial charge in [0.2, 0.25) is 11.8 Å². The van der Waals surface area contributed by atoms with Gasteiger partial charge in [0, 0.05) is 38.8 Å². The third-order valence-corrected chi connectivity index (χ3v) is 4.53. The van der Waals surface area contributed by atoms with Gasteiger partial charge in [-0.15, -0.1) is 0 Å². The minimum atomic E-state index is -0.0886. The van der Waals surface area contributed by atoms with Crippen LogP contribution in [0.3, 0.4) is 0 Å². The van der Waals surface area contributed by atoms with Crippen molar-refractivity contribution in [2.75, 3.05) is 37.6 Å². The second kappa shape index (κ2) is 8.99. The molecule has 2 amide bonds. The Morgan fingerprint density at radius 3 is 2.38 bits per heavy atom. The molecule has 2 aromatic rings. The lowest BCUT2D eigenvalue weighted by atomic mass is 10.1. The number of nitrogens with one attached hydrogen (secondary N) is 1. The van der Waals surface area contributed by atoms with E-state index in [1.807, 2.05) is 48.5 Å². The molecule has 1 aliphatic rings. The highest BCUT2D eigenvalue weighted by Gasteiger charge is 2.21. The lowest BCUT2D eigenvalue weighted by molar-refractivity contribution is -0.133. The van der Waals surface area contributed by atoms with Gasteiger partial charge in [-0.1, -0.05) is 36.4 Å². The van der Waals surface area contributed by atoms with Crippen molar-refractivity contribution in [2.45, 2.75) is 12.8 Å². The van der Waals surface area contributed by atoms with Crippen LogP contribution < -0.4 is 10.2 Å². The Labute approximate surface area is 153 Å². The smallest absolute Gasteiger partial charge is 0.242 e. The minimum absolute atomic E-state index is 0.0290. The summed E-state index contributed by atoms with van der Waals surface area (Å²) in [5.74, 6) is 0.821. The molecule has 1 aromatic carbocycles. The second-order valence-electron chi connectivity index (χ2n) is 6.32. The van der Waals surface area contributed by atoms with Crippen LogP contribution in [0.5, 0.6) is 0 Å². The first-order chi connectivity index (χ1) is 12.7. The van der Waals surface area contributed by atoms with Gasteiger partial charge in [0.05, 0.1) is 6.54 Å². The number of aryl methyl sites for hydroxylation is 1. The van der Waals surface area contributed by atoms with Gasteiger partial charge in [-0.05, 0) is 24.1 Å². The molecule has 1 N–H and O–H groups in total. The Morgan fingerprint density at radius 2 is 1.69 bits per heavy atom. The maximum absolute atomic E-state index is 12.3. The molecule has 0 saturated carbocycles. The molecule has 0 radical (unpaired) electrons. The molecule has 26 heavy (non-hydrogen) atoms. The van der Waals surface area contributed by atoms with Crippen LogP contribution in [0.1, 0.15) is 12.0 Å². The number of benzene rings is 1. The van der Waals surface area contributed by atoms with E-state index in [1.54, 1.807) is 11.1 Å². The number of carbonyl (C=O) groups excluding carboxylic acids is 2. The average Bonchev–Trinajstić information content (AvgIpc) is 2.72. The number of nitrogens with zero attached hydrogens (tertiary/aromatic N) is 3. The normalized spacial score (nSPS) is 14.2. The quantitative estimate of drug-likeness (QED) is 0.855. The van der Waals surface area contributed by atoms with Crippen molar-refractivity contribution in [3.05, 3.63) is 60.3 Å². The van der Waals surface area contributed by atoms with Crippen LogP contribution in [0.2, 0.25) is 0 Å². The number of piperazine rings is 1. The molecular weight excluding hydrogens is 328 g/mol. The lowest BCUT2D eigenvalue weighted by Gasteiger charge is -2.35. The molecule has 0 unspecified atom stereocenters. The Kier molecular flexibility index (Phi) is 6.19. The van der Waals surface area contributed by atoms with E-state index in [4.69, 9.17) is 0 Å². The van der Waals surface area contributed by atoms with Gasteiger partial charge < -0.3 is 15.1 Å². The van der Waals surface area contributed by atoms with E-state index in [1.165, 1.54) is 0 Å². The fraction of sp³-hybridized carbons (Fsp3) is 0.350. The molecule has 0 bridgehead atoms. The second-order valence-corrected chi connectivity index (χ2v) is 6.32. The number of rotatable bonds is 6. The summed E-state index contributed by atoms with van der Waals surface area (Å²) in [6.07, 6.45) is 2.85. The van der Waals surface area contributed by atoms with E-state index >= 15 is 0 Å². The summed E-state index contributed by atoms with van der Waals surface area (Å²) < 4.78 is 0. The number of hydrogen-bond donors (Lipinski definition) is 1. The van der Waals surface area contributed by atoms with Crippen LogP contribution in [0.15, 0.2) is 54.7 Å². The highest BCUT2D eigenvalue weighted by atomic mass is 16.2. The molecule has 1 aromatic heterocycles. The minimum Gasteiger partial charge on any atom is -0.353 e. The molecular formula is C20H24N4O2. The highest BCUT2D eigenvalue weighted by molar-refractivity contribution is 5.85. The van der Waals surface area contributed by atoms with E-state index in [0.29, 0.717) is 25.9 Å². The number of pyridine rings is 1. The topological polar surface area (TPSA) is 65.5 Å². The molecule has 136 valence electrons. The number of amides is 2. The van der Waals surface area contributed by atoms with Crippen LogP contribution in [0, 0.1) is 0 Å². The first-order valence-electron chi connectivity index (χ1n) is 8.97. The third kappa shape index (κ3) is 5.05. The molecule has 2 heterocycles. The zero-order valence-electron chi connectivity index (χ0n) is 14.8. The standard InChI is InChI=1S/C20H24N4O2/c25-19(10-9-17-6-2-1-3-7-17)22-16-20(26)24-14-12-23(13-15-24)18-8-4-5-11-21-18/h1-8,11H,9-10,12-16H2,(H,22,25). The van der Waals surface area contributed by atoms with Gasteiger partial charge in [-0.25, -0.2) is 4.98 Å². The van der Waals surface area contributed by atoms with Crippen LogP contribution >= 0.6 is 0 Å². The summed E-state index contributed by atoms with van der Waals surface area (Å²) in [6, 6.07) is 15.7. The molecule has 1 saturated heterocycles. The summed E-state index contributed by atoms with van der Waals surface area (Å²) in [7, 11) is 0. The fourth-order valence-electron chi connectivity index (χ4n) is 3.00. The summed E-state index contributed by atoms with van der Waals surface area (Å²) in [6.45, 7) is 2.87. The molecule has 0 spiro atoms. The summed E-state index contributed by atoms with van der Waals surface area (Å²) in [4.78, 5) is 32.6. The van der Waals surface area contributed by atoms with E-state index in [-0.39, 0.29) is 18.4 Å². The molecule has 1 aliphatic heterocycles. The lowest BCUT2D eigenvalue weighted by Crippen LogP contribution is -2.51. The molecule has 6 heteroatoms. The average molecular weight is 352 g/mol. The summed E-state index contributed by atoms with van der Waals surface area (Å²) in [5.41, 5.74) is 1.12. The summed E-state index contributed by atoms with van der Waals surface area (Å²) in [5, 5.41) is 2.74. The highest BCUT2D eigenvalue weighted by Crippen LogP contribution is 2.12. The number of aromatic nitrogens is 1. The van der Waals surface area contributed by atoms with Gasteiger partial charge in [-0.3, -0.25) is 9.59 Å².